The Morgan fingerprint density at radius 2 is 1.79 bits per heavy atom. The normalized spacial score (nSPS) is 44.2. The predicted octanol–water partition coefficient (Wildman–Crippen LogP) is 1.69. The summed E-state index contributed by atoms with van der Waals surface area (Å²) in [6.45, 7) is 5.78. The molecule has 1 spiro atoms. The van der Waals surface area contributed by atoms with E-state index in [9.17, 15) is 10.2 Å². The molecule has 1 heterocycles. The van der Waals surface area contributed by atoms with Crippen LogP contribution in [0.1, 0.15) is 46.0 Å². The third-order valence-electron chi connectivity index (χ3n) is 5.98. The number of fused-ring (bicyclic) bond motifs is 1. The van der Waals surface area contributed by atoms with E-state index < -0.39 is 5.79 Å². The molecule has 2 saturated carbocycles. The number of rotatable bonds is 1. The van der Waals surface area contributed by atoms with E-state index in [1.807, 2.05) is 0 Å². The summed E-state index contributed by atoms with van der Waals surface area (Å²) in [7, 11) is 0. The summed E-state index contributed by atoms with van der Waals surface area (Å²) in [5.41, 5.74) is -0.285. The molecule has 3 fully saturated rings. The second-order valence-electron chi connectivity index (χ2n) is 7.27. The number of hydrogen-bond donors (Lipinski definition) is 2. The van der Waals surface area contributed by atoms with Crippen LogP contribution in [0.15, 0.2) is 0 Å². The van der Waals surface area contributed by atoms with Crippen LogP contribution in [0.3, 0.4) is 0 Å². The van der Waals surface area contributed by atoms with E-state index in [0.717, 1.165) is 32.1 Å². The van der Waals surface area contributed by atoms with Crippen molar-refractivity contribution in [3.8, 4) is 0 Å². The first-order valence-electron chi connectivity index (χ1n) is 7.51. The molecular weight excluding hydrogens is 244 g/mol. The molecule has 4 nitrogen and oxygen atoms in total. The molecular formula is C15H26O4. The molecule has 0 bridgehead atoms. The molecule has 3 atom stereocenters. The quantitative estimate of drug-likeness (QED) is 0.761. The van der Waals surface area contributed by atoms with E-state index in [-0.39, 0.29) is 23.5 Å². The second-order valence-corrected chi connectivity index (χ2v) is 7.27. The molecule has 2 aliphatic carbocycles. The lowest BCUT2D eigenvalue weighted by atomic mass is 9.49. The van der Waals surface area contributed by atoms with Crippen LogP contribution in [0, 0.1) is 16.7 Å². The van der Waals surface area contributed by atoms with Crippen molar-refractivity contribution in [3.63, 3.8) is 0 Å². The summed E-state index contributed by atoms with van der Waals surface area (Å²) >= 11 is 0. The summed E-state index contributed by atoms with van der Waals surface area (Å²) in [5, 5.41) is 20.3. The fourth-order valence-electron chi connectivity index (χ4n) is 4.86. The molecule has 3 aliphatic rings. The second kappa shape index (κ2) is 4.42. The lowest BCUT2D eigenvalue weighted by Gasteiger charge is -2.59. The Morgan fingerprint density at radius 3 is 2.42 bits per heavy atom. The molecule has 0 amide bonds. The van der Waals surface area contributed by atoms with Gasteiger partial charge in [0.2, 0.25) is 0 Å². The molecule has 110 valence electrons. The van der Waals surface area contributed by atoms with E-state index >= 15 is 0 Å². The number of aliphatic hydroxyl groups is 2. The largest absolute Gasteiger partial charge is 0.396 e. The van der Waals surface area contributed by atoms with Gasteiger partial charge < -0.3 is 19.7 Å². The predicted molar refractivity (Wildman–Crippen MR) is 70.5 cm³/mol. The summed E-state index contributed by atoms with van der Waals surface area (Å²) in [6, 6.07) is 0. The number of hydrogen-bond acceptors (Lipinski definition) is 4. The molecule has 0 unspecified atom stereocenters. The Morgan fingerprint density at radius 1 is 1.11 bits per heavy atom. The van der Waals surface area contributed by atoms with Crippen LogP contribution in [-0.4, -0.2) is 41.9 Å². The van der Waals surface area contributed by atoms with Gasteiger partial charge in [-0.2, -0.15) is 0 Å². The van der Waals surface area contributed by atoms with E-state index in [0.29, 0.717) is 19.1 Å². The highest BCUT2D eigenvalue weighted by Gasteiger charge is 2.59. The van der Waals surface area contributed by atoms with Gasteiger partial charge in [-0.3, -0.25) is 0 Å². The van der Waals surface area contributed by atoms with Gasteiger partial charge >= 0.3 is 0 Å². The van der Waals surface area contributed by atoms with Crippen molar-refractivity contribution in [3.05, 3.63) is 0 Å². The smallest absolute Gasteiger partial charge is 0.169 e. The van der Waals surface area contributed by atoms with Gasteiger partial charge in [0.05, 0.1) is 19.3 Å². The minimum Gasteiger partial charge on any atom is -0.396 e. The zero-order chi connectivity index (χ0) is 13.7. The van der Waals surface area contributed by atoms with Gasteiger partial charge in [0, 0.05) is 24.9 Å². The van der Waals surface area contributed by atoms with Crippen molar-refractivity contribution in [2.24, 2.45) is 16.7 Å². The first-order valence-corrected chi connectivity index (χ1v) is 7.51. The van der Waals surface area contributed by atoms with Crippen LogP contribution in [-0.2, 0) is 9.47 Å². The minimum absolute atomic E-state index is 0.138. The number of ether oxygens (including phenoxy) is 2. The fourth-order valence-corrected chi connectivity index (χ4v) is 4.86. The first-order chi connectivity index (χ1) is 8.94. The Kier molecular flexibility index (Phi) is 3.21. The monoisotopic (exact) mass is 270 g/mol. The van der Waals surface area contributed by atoms with Gasteiger partial charge in [-0.25, -0.2) is 0 Å². The average Bonchev–Trinajstić information content (AvgIpc) is 2.82. The van der Waals surface area contributed by atoms with Crippen molar-refractivity contribution in [1.29, 1.82) is 0 Å². The molecule has 0 aromatic carbocycles. The minimum atomic E-state index is -0.461. The van der Waals surface area contributed by atoms with Gasteiger partial charge in [-0.1, -0.05) is 13.8 Å². The zero-order valence-electron chi connectivity index (χ0n) is 12.0. The highest BCUT2D eigenvalue weighted by atomic mass is 16.7. The Labute approximate surface area is 115 Å². The lowest BCUT2D eigenvalue weighted by Crippen LogP contribution is -2.58. The Balaban J connectivity index is 1.90. The van der Waals surface area contributed by atoms with Crippen molar-refractivity contribution in [2.75, 3.05) is 19.8 Å². The fraction of sp³-hybridized carbons (Fsp3) is 1.00. The molecule has 1 aliphatic heterocycles. The van der Waals surface area contributed by atoms with E-state index in [1.54, 1.807) is 0 Å². The Bertz CT molecular complexity index is 348. The molecule has 4 heteroatoms. The zero-order valence-corrected chi connectivity index (χ0v) is 12.0. The van der Waals surface area contributed by atoms with Crippen LogP contribution in [0.5, 0.6) is 0 Å². The van der Waals surface area contributed by atoms with Gasteiger partial charge in [-0.15, -0.1) is 0 Å². The van der Waals surface area contributed by atoms with Gasteiger partial charge in [0.25, 0.3) is 0 Å². The first kappa shape index (κ1) is 13.8. The van der Waals surface area contributed by atoms with Crippen LogP contribution in [0.25, 0.3) is 0 Å². The van der Waals surface area contributed by atoms with E-state index in [2.05, 4.69) is 13.8 Å². The summed E-state index contributed by atoms with van der Waals surface area (Å²) < 4.78 is 11.7. The van der Waals surface area contributed by atoms with E-state index in [1.165, 1.54) is 0 Å². The molecule has 0 radical (unpaired) electrons. The Hall–Kier alpha value is -0.160. The van der Waals surface area contributed by atoms with Crippen molar-refractivity contribution in [1.82, 2.24) is 0 Å². The molecule has 3 rings (SSSR count). The van der Waals surface area contributed by atoms with Gasteiger partial charge in [-0.05, 0) is 30.6 Å². The molecule has 1 saturated heterocycles. The van der Waals surface area contributed by atoms with Crippen molar-refractivity contribution in [2.45, 2.75) is 57.8 Å². The maximum absolute atomic E-state index is 10.3. The van der Waals surface area contributed by atoms with Gasteiger partial charge in [0.15, 0.2) is 5.79 Å². The van der Waals surface area contributed by atoms with Crippen LogP contribution in [0.2, 0.25) is 0 Å². The molecule has 0 aromatic heterocycles. The maximum atomic E-state index is 10.3. The number of aliphatic hydroxyl groups excluding tert-OH is 2. The van der Waals surface area contributed by atoms with Crippen LogP contribution >= 0.6 is 0 Å². The summed E-state index contributed by atoms with van der Waals surface area (Å²) in [6.07, 6.45) is 3.99. The average molecular weight is 270 g/mol. The topological polar surface area (TPSA) is 58.9 Å². The summed E-state index contributed by atoms with van der Waals surface area (Å²) in [4.78, 5) is 0. The third-order valence-corrected chi connectivity index (χ3v) is 5.98. The standard InChI is InChI=1S/C15H26O4/c1-13(2)11-3-6-15(18-7-8-19-15)9-14(11,10-16)5-4-12(13)17/h11-12,16-17H,3-10H2,1-2H3/t11-,12+,14-/m1/s1. The van der Waals surface area contributed by atoms with Crippen molar-refractivity contribution >= 4 is 0 Å². The summed E-state index contributed by atoms with van der Waals surface area (Å²) in [5.74, 6) is -0.121. The van der Waals surface area contributed by atoms with Crippen LogP contribution in [0.4, 0.5) is 0 Å². The van der Waals surface area contributed by atoms with E-state index in [4.69, 9.17) is 9.47 Å². The SMILES string of the molecule is CC1(C)[C@H]2CCC3(C[C@@]2(CO)CC[C@@H]1O)OCCO3. The molecule has 0 aromatic rings. The third kappa shape index (κ3) is 1.96. The van der Waals surface area contributed by atoms with Crippen molar-refractivity contribution < 1.29 is 19.7 Å². The highest BCUT2D eigenvalue weighted by molar-refractivity contribution is 5.06. The van der Waals surface area contributed by atoms with Crippen LogP contribution < -0.4 is 0 Å². The highest BCUT2D eigenvalue weighted by Crippen LogP contribution is 2.60. The molecule has 2 N–H and O–H groups in total. The molecule has 19 heavy (non-hydrogen) atoms. The van der Waals surface area contributed by atoms with Gasteiger partial charge in [0.1, 0.15) is 0 Å². The lowest BCUT2D eigenvalue weighted by molar-refractivity contribution is -0.249. The maximum Gasteiger partial charge on any atom is 0.169 e.